The lowest BCUT2D eigenvalue weighted by Gasteiger charge is -2.21. The molecule has 0 saturated carbocycles. The van der Waals surface area contributed by atoms with Gasteiger partial charge in [0.15, 0.2) is 11.6 Å². The molecular weight excluding hydrogens is 1670 g/mol. The first-order valence-electron chi connectivity index (χ1n) is 41.2. The summed E-state index contributed by atoms with van der Waals surface area (Å²) in [6.45, 7) is 15.5. The van der Waals surface area contributed by atoms with E-state index in [1.807, 2.05) is 160 Å². The second-order valence-corrected chi connectivity index (χ2v) is 30.3. The van der Waals surface area contributed by atoms with E-state index < -0.39 is 35.4 Å². The lowest BCUT2D eigenvalue weighted by molar-refractivity contribution is -0.137. The number of hydrogen-bond acceptors (Lipinski definition) is 15. The van der Waals surface area contributed by atoms with Gasteiger partial charge in [-0.3, -0.25) is 23.9 Å². The number of unbranched alkanes of at least 4 members (excludes halogenated alkanes) is 1. The van der Waals surface area contributed by atoms with E-state index in [0.717, 1.165) is 128 Å². The number of terminal acetylenes is 1. The molecule has 3 atom stereocenters. The van der Waals surface area contributed by atoms with E-state index in [9.17, 15) is 41.4 Å². The van der Waals surface area contributed by atoms with Crippen LogP contribution in [0.1, 0.15) is 120 Å². The highest BCUT2D eigenvalue weighted by molar-refractivity contribution is 7.59. The number of aromatic nitrogens is 12. The van der Waals surface area contributed by atoms with Gasteiger partial charge in [0.2, 0.25) is 11.8 Å². The minimum atomic E-state index is -4.54. The number of nitrogens with one attached hydrogen (secondary N) is 2. The standard InChI is InChI=1S/C33H33N5O3.C28H26F3N3O2.C21H25FN4O.C16H15FN4O.2H2S/c1-22-10-14-26(15-11-22)38-27(20-30(37-38)25-19-24-6-2-4-8-29(24)35-21-25)7-3-5-9-32(40)36-31(33(34)41)18-23-12-16-28(39)17-13-23;1-19-13-22(15-23(14-19)28(29,30)31)27(35)33(3)25-12-8-7-11-24(25)26-20(2)16-34(32-26)18-36-17-21-9-5-4-6-10-21;1-4-11-27-14-26-10-9-20(25-26)18-12-15(2)23-21(13-18)24-16(3)17-5-7-19(22)8-6-17;1-3-12(4-2)22-11-20-9-13(17)16(19-20)21-10-18-14-7-5-6-8-15(14)21;;/h2,4,6,8,10-17,19-21,31,39H,3,5,7,9,18H2,1H3,(H2,34,41)(H,36,40);4-16H,17-18H2,1-3H3;5-10,12-13,16H,4,11,14H2,1-3H3,(H,23,24);1,5-10,12H,4,11H2,2H3;2*1H2. The zero-order chi connectivity index (χ0) is 89.4. The first-order chi connectivity index (χ1) is 60.8. The van der Waals surface area contributed by atoms with Gasteiger partial charge in [0.1, 0.15) is 56.1 Å². The molecule has 0 aliphatic heterocycles. The number of primary amides is 1. The quantitative estimate of drug-likeness (QED) is 0.0179. The second-order valence-electron chi connectivity index (χ2n) is 30.3. The molecule has 0 fully saturated rings. The number of para-hydroxylation sites is 4. The Labute approximate surface area is 754 Å². The van der Waals surface area contributed by atoms with Crippen LogP contribution in [0.2, 0.25) is 0 Å². The number of benzene rings is 8. The van der Waals surface area contributed by atoms with E-state index in [0.29, 0.717) is 48.7 Å². The number of anilines is 2. The second kappa shape index (κ2) is 46.1. The molecule has 128 heavy (non-hydrogen) atoms. The highest BCUT2D eigenvalue weighted by Crippen LogP contribution is 2.36. The van der Waals surface area contributed by atoms with Crippen molar-refractivity contribution in [2.75, 3.05) is 23.9 Å². The average Bonchev–Trinajstić information content (AvgIpc) is 1.56. The average molecular weight is 1780 g/mol. The Hall–Kier alpha value is -13.6. The number of phenolic OH excluding ortho intramolecular Hbond substituents is 1. The molecule has 30 heteroatoms. The molecule has 23 nitrogen and oxygen atoms in total. The number of aromatic hydroxyl groups is 1. The number of halogens is 5. The summed E-state index contributed by atoms with van der Waals surface area (Å²) in [5.41, 5.74) is 20.9. The topological polar surface area (TPSA) is 267 Å². The van der Waals surface area contributed by atoms with Crippen molar-refractivity contribution in [3.8, 4) is 63.4 Å². The molecule has 0 spiro atoms. The molecule has 7 heterocycles. The zero-order valence-corrected chi connectivity index (χ0v) is 74.2. The molecule has 3 unspecified atom stereocenters. The van der Waals surface area contributed by atoms with Gasteiger partial charge in [-0.2, -0.15) is 55.5 Å². The maximum atomic E-state index is 14.2. The van der Waals surface area contributed by atoms with Crippen LogP contribution in [0.4, 0.5) is 33.5 Å². The van der Waals surface area contributed by atoms with Crippen molar-refractivity contribution in [3.05, 3.63) is 323 Å². The molecule has 664 valence electrons. The van der Waals surface area contributed by atoms with Crippen molar-refractivity contribution in [1.29, 1.82) is 0 Å². The van der Waals surface area contributed by atoms with E-state index in [4.69, 9.17) is 31.5 Å². The summed E-state index contributed by atoms with van der Waals surface area (Å²) in [6.07, 6.45) is 13.3. The predicted octanol–water partition coefficient (Wildman–Crippen LogP) is 19.6. The van der Waals surface area contributed by atoms with Crippen LogP contribution in [0.3, 0.4) is 0 Å². The summed E-state index contributed by atoms with van der Waals surface area (Å²) in [7, 11) is 1.55. The molecule has 0 bridgehead atoms. The van der Waals surface area contributed by atoms with Crippen molar-refractivity contribution in [3.63, 3.8) is 0 Å². The van der Waals surface area contributed by atoms with Crippen molar-refractivity contribution in [2.24, 2.45) is 5.73 Å². The van der Waals surface area contributed by atoms with Crippen molar-refractivity contribution in [1.82, 2.24) is 64.0 Å². The Kier molecular flexibility index (Phi) is 34.8. The third-order valence-electron chi connectivity index (χ3n) is 20.4. The van der Waals surface area contributed by atoms with Crippen LogP contribution >= 0.6 is 27.0 Å². The number of pyridine rings is 2. The minimum absolute atomic E-state index is 0. The Bertz CT molecular complexity index is 6210. The fourth-order valence-electron chi connectivity index (χ4n) is 13.9. The fourth-order valence-corrected chi connectivity index (χ4v) is 13.9. The number of phenols is 1. The van der Waals surface area contributed by atoms with Gasteiger partial charge in [0.25, 0.3) is 5.91 Å². The van der Waals surface area contributed by atoms with E-state index >= 15 is 0 Å². The number of nitrogens with zero attached hydrogens (tertiary/aromatic N) is 13. The number of ether oxygens (including phenoxy) is 3. The van der Waals surface area contributed by atoms with Crippen molar-refractivity contribution < 1.29 is 55.7 Å². The van der Waals surface area contributed by atoms with Crippen LogP contribution in [-0.4, -0.2) is 107 Å². The first kappa shape index (κ1) is 96.6. The number of rotatable bonds is 31. The third-order valence-corrected chi connectivity index (χ3v) is 20.4. The third kappa shape index (κ3) is 26.5. The highest BCUT2D eigenvalue weighted by Gasteiger charge is 2.33. The van der Waals surface area contributed by atoms with Gasteiger partial charge in [0, 0.05) is 90.2 Å². The molecule has 7 aromatic heterocycles. The van der Waals surface area contributed by atoms with E-state index in [1.54, 1.807) is 75.8 Å². The molecule has 3 amide bonds. The Morgan fingerprint density at radius 2 is 1.38 bits per heavy atom. The van der Waals surface area contributed by atoms with Gasteiger partial charge in [-0.05, 0) is 204 Å². The summed E-state index contributed by atoms with van der Waals surface area (Å²) >= 11 is 0. The van der Waals surface area contributed by atoms with Crippen LogP contribution < -0.4 is 21.3 Å². The number of imidazole rings is 1. The summed E-state index contributed by atoms with van der Waals surface area (Å²) in [6, 6.07) is 66.4. The maximum Gasteiger partial charge on any atom is 0.416 e. The van der Waals surface area contributed by atoms with Gasteiger partial charge < -0.3 is 40.6 Å². The number of hydrogen-bond donors (Lipinski definition) is 4. The van der Waals surface area contributed by atoms with Crippen LogP contribution in [0.25, 0.3) is 67.2 Å². The number of carbonyl (C=O) groups excluding carboxylic acids is 3. The number of fused-ring (bicyclic) bond motifs is 2. The van der Waals surface area contributed by atoms with E-state index in [1.165, 1.54) is 46.5 Å². The predicted molar refractivity (Wildman–Crippen MR) is 499 cm³/mol. The van der Waals surface area contributed by atoms with Gasteiger partial charge in [-0.15, -0.1) is 11.5 Å². The lowest BCUT2D eigenvalue weighted by atomic mass is 10.0. The Balaban J connectivity index is 0.000000181. The molecule has 8 aromatic carbocycles. The molecule has 15 rings (SSSR count). The van der Waals surface area contributed by atoms with Crippen LogP contribution in [0.5, 0.6) is 5.75 Å². The lowest BCUT2D eigenvalue weighted by Crippen LogP contribution is -2.45. The molecule has 0 aliphatic carbocycles. The van der Waals surface area contributed by atoms with E-state index in [-0.39, 0.29) is 94.3 Å². The van der Waals surface area contributed by atoms with Crippen LogP contribution in [0.15, 0.2) is 256 Å². The molecule has 0 radical (unpaired) electrons. The summed E-state index contributed by atoms with van der Waals surface area (Å²) in [5, 5.41) is 35.0. The summed E-state index contributed by atoms with van der Waals surface area (Å²) < 4.78 is 92.4. The Morgan fingerprint density at radius 1 is 0.672 bits per heavy atom. The summed E-state index contributed by atoms with van der Waals surface area (Å²) in [4.78, 5) is 52.6. The Morgan fingerprint density at radius 3 is 2.10 bits per heavy atom. The monoisotopic (exact) mass is 1770 g/mol. The van der Waals surface area contributed by atoms with Gasteiger partial charge >= 0.3 is 6.18 Å². The number of aryl methyl sites for hydroxylation is 5. The fraction of sp³-hybridized carbons (Fsp3) is 0.245. The van der Waals surface area contributed by atoms with Gasteiger partial charge in [-0.1, -0.05) is 141 Å². The molecule has 0 saturated heterocycles. The number of nitrogens with two attached hydrogens (primary N) is 1. The van der Waals surface area contributed by atoms with Gasteiger partial charge in [0.05, 0.1) is 63.4 Å². The SMILES string of the molecule is C#CC(CC)OCn1cc(F)c(-n2cnc3ccccc32)n1.CCCOCn1ccc(-c2cc(C)nc(NC(C)c3ccc(F)cc3)c2)n1.Cc1cc(C(=O)N(C)c2ccccc2-c2nn(COCc3ccccc3)cc2C)cc(C(F)(F)F)c1.Cc1ccc(-n2nc(-c3cnc4ccccc4c3)cc2CCCCC(=O)NC(Cc2ccc(O)cc2)C(N)=O)cc1.S.S. The summed E-state index contributed by atoms with van der Waals surface area (Å²) in [5.74, 6) is 1.57. The number of amides is 3. The zero-order valence-electron chi connectivity index (χ0n) is 72.2. The molecular formula is C98H103F5N16O7S2. The number of carbonyl (C=O) groups is 3. The van der Waals surface area contributed by atoms with Crippen LogP contribution in [0, 0.1) is 51.7 Å². The highest BCUT2D eigenvalue weighted by atomic mass is 32.1. The van der Waals surface area contributed by atoms with Gasteiger partial charge in [-0.25, -0.2) is 37.5 Å². The van der Waals surface area contributed by atoms with Crippen molar-refractivity contribution >= 4 is 78.2 Å². The first-order valence-corrected chi connectivity index (χ1v) is 41.2. The molecule has 15 aromatic rings. The van der Waals surface area contributed by atoms with Crippen molar-refractivity contribution in [2.45, 2.75) is 145 Å². The maximum absolute atomic E-state index is 14.2. The largest absolute Gasteiger partial charge is 0.508 e. The molecule has 0 aliphatic rings. The normalized spacial score (nSPS) is 11.7. The minimum Gasteiger partial charge on any atom is -0.508 e. The molecule has 5 N–H and O–H groups in total. The van der Waals surface area contributed by atoms with Crippen LogP contribution in [-0.2, 0) is 69.6 Å². The smallest absolute Gasteiger partial charge is 0.416 e. The number of alkyl halides is 3. The van der Waals surface area contributed by atoms with E-state index in [2.05, 4.69) is 97.0 Å².